The van der Waals surface area contributed by atoms with E-state index in [4.69, 9.17) is 0 Å². The maximum absolute atomic E-state index is 12.9. The van der Waals surface area contributed by atoms with Crippen LogP contribution in [-0.4, -0.2) is 54.3 Å². The Labute approximate surface area is 189 Å². The molecule has 1 aromatic carbocycles. The third-order valence-electron chi connectivity index (χ3n) is 6.55. The van der Waals surface area contributed by atoms with Crippen LogP contribution in [0.1, 0.15) is 47.7 Å². The Morgan fingerprint density at radius 2 is 1.94 bits per heavy atom. The number of thiophene rings is 1. The smallest absolute Gasteiger partial charge is 0.225 e. The van der Waals surface area contributed by atoms with Crippen LogP contribution >= 0.6 is 11.3 Å². The van der Waals surface area contributed by atoms with Gasteiger partial charge in [-0.1, -0.05) is 42.3 Å². The molecule has 2 aliphatic heterocycles. The normalized spacial score (nSPS) is 20.7. The van der Waals surface area contributed by atoms with Crippen LogP contribution in [0.4, 0.5) is 0 Å². The summed E-state index contributed by atoms with van der Waals surface area (Å²) in [6.45, 7) is 6.08. The van der Waals surface area contributed by atoms with E-state index in [9.17, 15) is 9.59 Å². The van der Waals surface area contributed by atoms with E-state index >= 15 is 0 Å². The third-order valence-corrected chi connectivity index (χ3v) is 7.52. The van der Waals surface area contributed by atoms with Crippen molar-refractivity contribution >= 4 is 23.2 Å². The average molecular weight is 440 g/mol. The molecule has 166 valence electrons. The van der Waals surface area contributed by atoms with Gasteiger partial charge >= 0.3 is 0 Å². The quantitative estimate of drug-likeness (QED) is 0.681. The van der Waals surface area contributed by atoms with E-state index in [0.29, 0.717) is 26.1 Å². The Kier molecular flexibility index (Phi) is 7.41. The summed E-state index contributed by atoms with van der Waals surface area (Å²) in [4.78, 5) is 31.0. The molecule has 2 saturated heterocycles. The number of hydrogen-bond donors (Lipinski definition) is 1. The molecule has 0 aliphatic carbocycles. The highest BCUT2D eigenvalue weighted by atomic mass is 32.1. The number of nitrogens with one attached hydrogen (secondary N) is 1. The van der Waals surface area contributed by atoms with Gasteiger partial charge in [-0.2, -0.15) is 0 Å². The Morgan fingerprint density at radius 3 is 2.65 bits per heavy atom. The van der Waals surface area contributed by atoms with Crippen molar-refractivity contribution in [3.63, 3.8) is 0 Å². The van der Waals surface area contributed by atoms with Gasteiger partial charge in [0.05, 0.1) is 12.0 Å². The van der Waals surface area contributed by atoms with Crippen LogP contribution in [-0.2, 0) is 16.0 Å². The molecule has 0 bridgehead atoms. The summed E-state index contributed by atoms with van der Waals surface area (Å²) in [5, 5.41) is 5.29. The number of carbonyl (C=O) groups is 2. The number of benzene rings is 1. The first kappa shape index (κ1) is 22.0. The van der Waals surface area contributed by atoms with E-state index in [2.05, 4.69) is 58.9 Å². The number of hydrogen-bond acceptors (Lipinski definition) is 4. The summed E-state index contributed by atoms with van der Waals surface area (Å²) in [5.41, 5.74) is 2.47. The third kappa shape index (κ3) is 5.74. The van der Waals surface area contributed by atoms with Gasteiger partial charge in [-0.3, -0.25) is 14.5 Å². The van der Waals surface area contributed by atoms with E-state index in [1.807, 2.05) is 4.90 Å². The molecule has 4 rings (SSSR count). The zero-order valence-electron chi connectivity index (χ0n) is 18.4. The van der Waals surface area contributed by atoms with Gasteiger partial charge in [0.2, 0.25) is 11.8 Å². The molecular formula is C25H33N3O2S. The highest BCUT2D eigenvalue weighted by molar-refractivity contribution is 7.10. The topological polar surface area (TPSA) is 52.7 Å². The molecule has 1 aromatic heterocycles. The predicted octanol–water partition coefficient (Wildman–Crippen LogP) is 3.79. The molecule has 6 heteroatoms. The first-order valence-electron chi connectivity index (χ1n) is 11.5. The lowest BCUT2D eigenvalue weighted by molar-refractivity contribution is -0.129. The van der Waals surface area contributed by atoms with Crippen LogP contribution in [0.2, 0.25) is 0 Å². The fraction of sp³-hybridized carbons (Fsp3) is 0.520. The molecule has 3 heterocycles. The molecule has 2 amide bonds. The van der Waals surface area contributed by atoms with Crippen LogP contribution in [0.15, 0.2) is 41.8 Å². The van der Waals surface area contributed by atoms with Crippen molar-refractivity contribution in [1.29, 1.82) is 0 Å². The second-order valence-electron chi connectivity index (χ2n) is 8.85. The Hall–Kier alpha value is -2.18. The van der Waals surface area contributed by atoms with Gasteiger partial charge in [0.15, 0.2) is 0 Å². The fourth-order valence-electron chi connectivity index (χ4n) is 4.64. The number of piperidine rings is 1. The standard InChI is InChI=1S/C25H33N3O2S/c1-19-7-9-20(10-8-19)11-14-28-18-21(16-24(28)29)25(30)26-17-22(23-6-5-15-31-23)27-12-3-2-4-13-27/h5-10,15,21-22H,2-4,11-14,16-18H2,1H3,(H,26,30). The number of nitrogens with zero attached hydrogens (tertiary/aromatic N) is 2. The maximum Gasteiger partial charge on any atom is 0.225 e. The van der Waals surface area contributed by atoms with Crippen molar-refractivity contribution in [1.82, 2.24) is 15.1 Å². The van der Waals surface area contributed by atoms with Gasteiger partial charge in [0.25, 0.3) is 0 Å². The first-order chi connectivity index (χ1) is 15.1. The van der Waals surface area contributed by atoms with Crippen LogP contribution in [0.3, 0.4) is 0 Å². The van der Waals surface area contributed by atoms with Crippen molar-refractivity contribution in [3.05, 3.63) is 57.8 Å². The minimum Gasteiger partial charge on any atom is -0.354 e. The van der Waals surface area contributed by atoms with E-state index < -0.39 is 0 Å². The van der Waals surface area contributed by atoms with Crippen molar-refractivity contribution in [2.75, 3.05) is 32.7 Å². The highest BCUT2D eigenvalue weighted by Gasteiger charge is 2.34. The van der Waals surface area contributed by atoms with E-state index in [1.54, 1.807) is 11.3 Å². The largest absolute Gasteiger partial charge is 0.354 e. The van der Waals surface area contributed by atoms with Crippen molar-refractivity contribution < 1.29 is 9.59 Å². The van der Waals surface area contributed by atoms with Crippen molar-refractivity contribution in [3.8, 4) is 0 Å². The number of carbonyl (C=O) groups excluding carboxylic acids is 2. The lowest BCUT2D eigenvalue weighted by Gasteiger charge is -2.34. The molecule has 0 saturated carbocycles. The van der Waals surface area contributed by atoms with E-state index in [1.165, 1.54) is 35.3 Å². The average Bonchev–Trinajstić information content (AvgIpc) is 3.44. The lowest BCUT2D eigenvalue weighted by Crippen LogP contribution is -2.42. The summed E-state index contributed by atoms with van der Waals surface area (Å²) < 4.78 is 0. The number of likely N-dealkylation sites (tertiary alicyclic amines) is 2. The van der Waals surface area contributed by atoms with Crippen LogP contribution in [0, 0.1) is 12.8 Å². The highest BCUT2D eigenvalue weighted by Crippen LogP contribution is 2.28. The molecule has 31 heavy (non-hydrogen) atoms. The molecule has 2 unspecified atom stereocenters. The molecule has 5 nitrogen and oxygen atoms in total. The molecular weight excluding hydrogens is 406 g/mol. The molecule has 2 aromatic rings. The van der Waals surface area contributed by atoms with E-state index in [-0.39, 0.29) is 23.8 Å². The fourth-order valence-corrected chi connectivity index (χ4v) is 5.51. The maximum atomic E-state index is 12.9. The monoisotopic (exact) mass is 439 g/mol. The SMILES string of the molecule is Cc1ccc(CCN2CC(C(=O)NCC(c3cccs3)N3CCCCC3)CC2=O)cc1. The molecule has 0 spiro atoms. The zero-order chi connectivity index (χ0) is 21.6. The van der Waals surface area contributed by atoms with Gasteiger partial charge in [0.1, 0.15) is 0 Å². The molecule has 2 atom stereocenters. The summed E-state index contributed by atoms with van der Waals surface area (Å²) in [5.74, 6) is -0.126. The van der Waals surface area contributed by atoms with Gasteiger partial charge in [0, 0.05) is 30.9 Å². The second-order valence-corrected chi connectivity index (χ2v) is 9.83. The molecule has 0 radical (unpaired) electrons. The summed E-state index contributed by atoms with van der Waals surface area (Å²) >= 11 is 1.76. The van der Waals surface area contributed by atoms with Crippen LogP contribution in [0.5, 0.6) is 0 Å². The zero-order valence-corrected chi connectivity index (χ0v) is 19.2. The predicted molar refractivity (Wildman–Crippen MR) is 125 cm³/mol. The molecule has 2 fully saturated rings. The van der Waals surface area contributed by atoms with Crippen molar-refractivity contribution in [2.24, 2.45) is 5.92 Å². The second kappa shape index (κ2) is 10.4. The number of aryl methyl sites for hydroxylation is 1. The van der Waals surface area contributed by atoms with Gasteiger partial charge in [-0.25, -0.2) is 0 Å². The Morgan fingerprint density at radius 1 is 1.16 bits per heavy atom. The molecule has 1 N–H and O–H groups in total. The van der Waals surface area contributed by atoms with Gasteiger partial charge in [-0.05, 0) is 56.3 Å². The minimum absolute atomic E-state index is 0.0183. The number of amides is 2. The van der Waals surface area contributed by atoms with E-state index in [0.717, 1.165) is 19.5 Å². The summed E-state index contributed by atoms with van der Waals surface area (Å²) in [6, 6.07) is 12.9. The Balaban J connectivity index is 1.29. The van der Waals surface area contributed by atoms with Gasteiger partial charge < -0.3 is 10.2 Å². The lowest BCUT2D eigenvalue weighted by atomic mass is 10.1. The Bertz CT molecular complexity index is 859. The number of rotatable bonds is 8. The van der Waals surface area contributed by atoms with Crippen molar-refractivity contribution in [2.45, 2.75) is 45.1 Å². The van der Waals surface area contributed by atoms with Crippen LogP contribution < -0.4 is 5.32 Å². The van der Waals surface area contributed by atoms with Crippen LogP contribution in [0.25, 0.3) is 0 Å². The summed E-state index contributed by atoms with van der Waals surface area (Å²) in [7, 11) is 0. The first-order valence-corrected chi connectivity index (χ1v) is 12.4. The summed E-state index contributed by atoms with van der Waals surface area (Å²) in [6.07, 6.45) is 4.90. The minimum atomic E-state index is -0.240. The molecule has 2 aliphatic rings. The van der Waals surface area contributed by atoms with Gasteiger partial charge in [-0.15, -0.1) is 11.3 Å².